The minimum atomic E-state index is -0.389. The molecule has 24 heavy (non-hydrogen) atoms. The van der Waals surface area contributed by atoms with Crippen LogP contribution in [0.3, 0.4) is 0 Å². The van der Waals surface area contributed by atoms with Crippen molar-refractivity contribution in [3.63, 3.8) is 0 Å². The van der Waals surface area contributed by atoms with Crippen molar-refractivity contribution >= 4 is 6.09 Å². The SMILES string of the molecule is CNC(=O)OC(C)(C)C.c1ccc(CN2C[C@H]3CCC[C@H]3C2)cc1. The molecule has 1 heterocycles. The summed E-state index contributed by atoms with van der Waals surface area (Å²) in [7, 11) is 1.54. The molecule has 1 amide bonds. The molecule has 4 heteroatoms. The highest BCUT2D eigenvalue weighted by Crippen LogP contribution is 2.38. The lowest BCUT2D eigenvalue weighted by molar-refractivity contribution is 0.0541. The van der Waals surface area contributed by atoms with Crippen LogP contribution in [0, 0.1) is 11.8 Å². The van der Waals surface area contributed by atoms with Gasteiger partial charge in [0.05, 0.1) is 0 Å². The molecule has 1 aliphatic carbocycles. The number of benzene rings is 1. The van der Waals surface area contributed by atoms with Gasteiger partial charge in [0, 0.05) is 26.7 Å². The van der Waals surface area contributed by atoms with E-state index in [0.717, 1.165) is 18.4 Å². The smallest absolute Gasteiger partial charge is 0.407 e. The summed E-state index contributed by atoms with van der Waals surface area (Å²) in [6.45, 7) is 9.32. The molecule has 0 unspecified atom stereocenters. The van der Waals surface area contributed by atoms with Crippen molar-refractivity contribution < 1.29 is 9.53 Å². The van der Waals surface area contributed by atoms with E-state index < -0.39 is 0 Å². The molecule has 1 N–H and O–H groups in total. The van der Waals surface area contributed by atoms with Crippen molar-refractivity contribution in [3.8, 4) is 0 Å². The van der Waals surface area contributed by atoms with Gasteiger partial charge in [-0.2, -0.15) is 0 Å². The maximum atomic E-state index is 10.5. The monoisotopic (exact) mass is 332 g/mol. The average Bonchev–Trinajstić information content (AvgIpc) is 3.08. The molecule has 2 atom stereocenters. The number of hydrogen-bond acceptors (Lipinski definition) is 3. The van der Waals surface area contributed by atoms with E-state index in [2.05, 4.69) is 40.5 Å². The normalized spacial score (nSPS) is 23.2. The number of amides is 1. The minimum absolute atomic E-state index is 0.387. The van der Waals surface area contributed by atoms with Crippen molar-refractivity contribution in [1.29, 1.82) is 0 Å². The summed E-state index contributed by atoms with van der Waals surface area (Å²) in [4.78, 5) is 13.1. The Labute approximate surface area is 146 Å². The number of carbonyl (C=O) groups is 1. The molecule has 0 aromatic heterocycles. The highest BCUT2D eigenvalue weighted by molar-refractivity contribution is 5.67. The van der Waals surface area contributed by atoms with Gasteiger partial charge in [0.25, 0.3) is 0 Å². The first-order valence-electron chi connectivity index (χ1n) is 9.04. The van der Waals surface area contributed by atoms with Gasteiger partial charge in [-0.05, 0) is 51.0 Å². The van der Waals surface area contributed by atoms with Gasteiger partial charge in [-0.15, -0.1) is 0 Å². The zero-order valence-electron chi connectivity index (χ0n) is 15.5. The van der Waals surface area contributed by atoms with E-state index in [1.165, 1.54) is 45.0 Å². The zero-order valence-corrected chi connectivity index (χ0v) is 15.5. The third-order valence-corrected chi connectivity index (χ3v) is 4.65. The first-order valence-corrected chi connectivity index (χ1v) is 9.04. The summed E-state index contributed by atoms with van der Waals surface area (Å²) in [5, 5.41) is 2.36. The summed E-state index contributed by atoms with van der Waals surface area (Å²) in [6, 6.07) is 10.9. The number of nitrogens with one attached hydrogen (secondary N) is 1. The van der Waals surface area contributed by atoms with Crippen molar-refractivity contribution in [3.05, 3.63) is 35.9 Å². The number of alkyl carbamates (subject to hydrolysis) is 1. The molecule has 1 aromatic rings. The van der Waals surface area contributed by atoms with Crippen LogP contribution in [0.2, 0.25) is 0 Å². The third-order valence-electron chi connectivity index (χ3n) is 4.65. The van der Waals surface area contributed by atoms with Gasteiger partial charge in [-0.1, -0.05) is 36.8 Å². The number of hydrogen-bond donors (Lipinski definition) is 1. The van der Waals surface area contributed by atoms with E-state index in [4.69, 9.17) is 4.74 Å². The lowest BCUT2D eigenvalue weighted by Gasteiger charge is -2.18. The van der Waals surface area contributed by atoms with E-state index in [1.807, 2.05) is 20.8 Å². The van der Waals surface area contributed by atoms with Gasteiger partial charge < -0.3 is 10.1 Å². The molecule has 1 saturated carbocycles. The van der Waals surface area contributed by atoms with Crippen LogP contribution in [0.5, 0.6) is 0 Å². The molecule has 2 aliphatic rings. The summed E-state index contributed by atoms with van der Waals surface area (Å²) in [5.74, 6) is 2.04. The number of ether oxygens (including phenoxy) is 1. The fourth-order valence-electron chi connectivity index (χ4n) is 3.63. The van der Waals surface area contributed by atoms with Gasteiger partial charge >= 0.3 is 6.09 Å². The molecular weight excluding hydrogens is 300 g/mol. The molecule has 2 fully saturated rings. The molecule has 0 spiro atoms. The lowest BCUT2D eigenvalue weighted by atomic mass is 10.0. The van der Waals surface area contributed by atoms with Crippen LogP contribution in [-0.4, -0.2) is 36.7 Å². The molecule has 1 aliphatic heterocycles. The second-order valence-corrected chi connectivity index (χ2v) is 7.88. The van der Waals surface area contributed by atoms with Gasteiger partial charge in [-0.25, -0.2) is 4.79 Å². The first kappa shape index (κ1) is 18.8. The topological polar surface area (TPSA) is 41.6 Å². The highest BCUT2D eigenvalue weighted by Gasteiger charge is 2.35. The number of nitrogens with zero attached hydrogens (tertiary/aromatic N) is 1. The van der Waals surface area contributed by atoms with Crippen LogP contribution in [-0.2, 0) is 11.3 Å². The van der Waals surface area contributed by atoms with E-state index in [9.17, 15) is 4.79 Å². The molecule has 134 valence electrons. The van der Waals surface area contributed by atoms with Crippen molar-refractivity contribution in [1.82, 2.24) is 10.2 Å². The second-order valence-electron chi connectivity index (χ2n) is 7.88. The van der Waals surface area contributed by atoms with Gasteiger partial charge in [0.15, 0.2) is 0 Å². The molecule has 4 nitrogen and oxygen atoms in total. The molecular formula is C20H32N2O2. The predicted molar refractivity (Wildman–Crippen MR) is 97.8 cm³/mol. The Morgan fingerprint density at radius 2 is 1.75 bits per heavy atom. The second kappa shape index (κ2) is 8.52. The van der Waals surface area contributed by atoms with Crippen molar-refractivity contribution in [2.24, 2.45) is 11.8 Å². The van der Waals surface area contributed by atoms with E-state index in [-0.39, 0.29) is 11.7 Å². The van der Waals surface area contributed by atoms with E-state index in [1.54, 1.807) is 0 Å². The summed E-state index contributed by atoms with van der Waals surface area (Å²) in [6.07, 6.45) is 4.06. The van der Waals surface area contributed by atoms with Crippen LogP contribution in [0.4, 0.5) is 4.79 Å². The number of fused-ring (bicyclic) bond motifs is 1. The quantitative estimate of drug-likeness (QED) is 0.888. The van der Waals surface area contributed by atoms with Crippen LogP contribution in [0.1, 0.15) is 45.6 Å². The van der Waals surface area contributed by atoms with Gasteiger partial charge in [0.2, 0.25) is 0 Å². The Hall–Kier alpha value is -1.55. The maximum Gasteiger partial charge on any atom is 0.407 e. The molecule has 0 bridgehead atoms. The fraction of sp³-hybridized carbons (Fsp3) is 0.650. The Balaban J connectivity index is 0.000000202. The minimum Gasteiger partial charge on any atom is -0.444 e. The average molecular weight is 332 g/mol. The van der Waals surface area contributed by atoms with Crippen molar-refractivity contribution in [2.45, 2.75) is 52.2 Å². The van der Waals surface area contributed by atoms with Gasteiger partial charge in [0.1, 0.15) is 5.60 Å². The standard InChI is InChI=1S/C14H19N.C6H13NO2/c1-2-5-12(6-3-1)9-15-10-13-7-4-8-14(13)11-15;1-6(2,3)9-5(8)7-4/h1-3,5-6,13-14H,4,7-11H2;1-4H3,(H,7,8)/t13-,14+;. The van der Waals surface area contributed by atoms with E-state index >= 15 is 0 Å². The summed E-state index contributed by atoms with van der Waals surface area (Å²) < 4.78 is 4.84. The number of likely N-dealkylation sites (tertiary alicyclic amines) is 1. The van der Waals surface area contributed by atoms with Gasteiger partial charge in [-0.3, -0.25) is 4.90 Å². The molecule has 3 rings (SSSR count). The third kappa shape index (κ3) is 6.16. The fourth-order valence-corrected chi connectivity index (χ4v) is 3.63. The van der Waals surface area contributed by atoms with Crippen molar-refractivity contribution in [2.75, 3.05) is 20.1 Å². The molecule has 1 saturated heterocycles. The zero-order chi connectivity index (χ0) is 17.6. The lowest BCUT2D eigenvalue weighted by Crippen LogP contribution is -2.30. The van der Waals surface area contributed by atoms with Crippen LogP contribution >= 0.6 is 0 Å². The summed E-state index contributed by atoms with van der Waals surface area (Å²) >= 11 is 0. The molecule has 0 radical (unpaired) electrons. The maximum absolute atomic E-state index is 10.5. The van der Waals surface area contributed by atoms with Crippen LogP contribution in [0.25, 0.3) is 0 Å². The Kier molecular flexibility index (Phi) is 6.67. The van der Waals surface area contributed by atoms with E-state index in [0.29, 0.717) is 0 Å². The van der Waals surface area contributed by atoms with Crippen LogP contribution in [0.15, 0.2) is 30.3 Å². The van der Waals surface area contributed by atoms with Crippen LogP contribution < -0.4 is 5.32 Å². The Morgan fingerprint density at radius 1 is 1.17 bits per heavy atom. The summed E-state index contributed by atoms with van der Waals surface area (Å²) in [5.41, 5.74) is 1.08. The number of rotatable bonds is 2. The molecule has 1 aromatic carbocycles. The Bertz CT molecular complexity index is 498. The number of carbonyl (C=O) groups excluding carboxylic acids is 1. The Morgan fingerprint density at radius 3 is 2.21 bits per heavy atom. The first-order chi connectivity index (χ1) is 11.4. The predicted octanol–water partition coefficient (Wildman–Crippen LogP) is 4.06. The largest absolute Gasteiger partial charge is 0.444 e. The highest BCUT2D eigenvalue weighted by atomic mass is 16.6.